The van der Waals surface area contributed by atoms with Crippen LogP contribution in [0, 0.1) is 0 Å². The molecule has 7 nitrogen and oxygen atoms in total. The van der Waals surface area contributed by atoms with Crippen LogP contribution in [0.5, 0.6) is 0 Å². The van der Waals surface area contributed by atoms with Crippen molar-refractivity contribution in [2.45, 2.75) is 18.9 Å². The normalized spacial score (nSPS) is 22.5. The Morgan fingerprint density at radius 1 is 1.42 bits per heavy atom. The number of fused-ring (bicyclic) bond motifs is 1. The monoisotopic (exact) mass is 281 g/mol. The zero-order chi connectivity index (χ0) is 13.5. The number of aromatic nitrogens is 4. The molecular formula is C11H15N5O2S. The quantitative estimate of drug-likeness (QED) is 0.854. The van der Waals surface area contributed by atoms with E-state index in [4.69, 9.17) is 0 Å². The van der Waals surface area contributed by atoms with Gasteiger partial charge in [0.1, 0.15) is 12.1 Å². The van der Waals surface area contributed by atoms with Crippen LogP contribution >= 0.6 is 0 Å². The molecule has 1 aliphatic rings. The van der Waals surface area contributed by atoms with E-state index in [0.717, 1.165) is 17.5 Å². The number of aryl methyl sites for hydroxylation is 1. The van der Waals surface area contributed by atoms with E-state index in [1.165, 1.54) is 6.33 Å². The minimum Gasteiger partial charge on any atom is -0.366 e. The molecule has 2 aromatic rings. The van der Waals surface area contributed by atoms with E-state index in [1.54, 1.807) is 10.9 Å². The zero-order valence-electron chi connectivity index (χ0n) is 10.6. The van der Waals surface area contributed by atoms with Gasteiger partial charge in [-0.2, -0.15) is 5.10 Å². The molecule has 0 radical (unpaired) electrons. The summed E-state index contributed by atoms with van der Waals surface area (Å²) in [5.41, 5.74) is 0.733. The van der Waals surface area contributed by atoms with Gasteiger partial charge >= 0.3 is 0 Å². The average Bonchev–Trinajstić information content (AvgIpc) is 2.71. The number of hydrogen-bond acceptors (Lipinski definition) is 6. The third-order valence-electron chi connectivity index (χ3n) is 3.33. The summed E-state index contributed by atoms with van der Waals surface area (Å²) in [4.78, 5) is 8.35. The molecule has 3 heterocycles. The van der Waals surface area contributed by atoms with Gasteiger partial charge in [-0.15, -0.1) is 0 Å². The smallest absolute Gasteiger partial charge is 0.163 e. The summed E-state index contributed by atoms with van der Waals surface area (Å²) in [6, 6.07) is -0.0861. The van der Waals surface area contributed by atoms with Crippen LogP contribution in [0.3, 0.4) is 0 Å². The summed E-state index contributed by atoms with van der Waals surface area (Å²) < 4.78 is 24.9. The number of anilines is 1. The molecule has 0 saturated carbocycles. The Balaban J connectivity index is 1.89. The first kappa shape index (κ1) is 12.3. The highest BCUT2D eigenvalue weighted by molar-refractivity contribution is 7.91. The highest BCUT2D eigenvalue weighted by Crippen LogP contribution is 2.21. The number of nitrogens with zero attached hydrogens (tertiary/aromatic N) is 4. The first-order valence-corrected chi connectivity index (χ1v) is 7.97. The molecule has 1 fully saturated rings. The average molecular weight is 281 g/mol. The van der Waals surface area contributed by atoms with Gasteiger partial charge in [-0.1, -0.05) is 0 Å². The molecule has 0 bridgehead atoms. The van der Waals surface area contributed by atoms with Gasteiger partial charge in [0, 0.05) is 13.1 Å². The van der Waals surface area contributed by atoms with Crippen LogP contribution in [0.2, 0.25) is 0 Å². The van der Waals surface area contributed by atoms with Gasteiger partial charge in [0.25, 0.3) is 0 Å². The predicted octanol–water partition coefficient (Wildman–Crippen LogP) is 0.352. The SMILES string of the molecule is Cn1ncc2c(NC3CCCS(=O)(=O)C3)ncnc21. The van der Waals surface area contributed by atoms with Crippen LogP contribution in [0.15, 0.2) is 12.5 Å². The van der Waals surface area contributed by atoms with Crippen LogP contribution in [0.1, 0.15) is 12.8 Å². The number of sulfone groups is 1. The molecule has 0 aromatic carbocycles. The van der Waals surface area contributed by atoms with Crippen LogP contribution < -0.4 is 5.32 Å². The maximum atomic E-state index is 11.6. The Morgan fingerprint density at radius 2 is 2.26 bits per heavy atom. The van der Waals surface area contributed by atoms with Crippen molar-refractivity contribution >= 4 is 26.7 Å². The first-order chi connectivity index (χ1) is 9.05. The highest BCUT2D eigenvalue weighted by atomic mass is 32.2. The second-order valence-electron chi connectivity index (χ2n) is 4.83. The summed E-state index contributed by atoms with van der Waals surface area (Å²) in [5, 5.41) is 8.16. The van der Waals surface area contributed by atoms with Crippen molar-refractivity contribution in [3.63, 3.8) is 0 Å². The highest BCUT2D eigenvalue weighted by Gasteiger charge is 2.25. The van der Waals surface area contributed by atoms with Gasteiger partial charge in [-0.25, -0.2) is 18.4 Å². The Bertz CT molecular complexity index is 709. The van der Waals surface area contributed by atoms with Crippen LogP contribution in [-0.4, -0.2) is 45.7 Å². The molecule has 8 heteroatoms. The summed E-state index contributed by atoms with van der Waals surface area (Å²) in [6.45, 7) is 0. The largest absolute Gasteiger partial charge is 0.366 e. The molecule has 1 aliphatic heterocycles. The van der Waals surface area contributed by atoms with Crippen LogP contribution in [0.4, 0.5) is 5.82 Å². The summed E-state index contributed by atoms with van der Waals surface area (Å²) in [6.07, 6.45) is 4.69. The van der Waals surface area contributed by atoms with Crippen molar-refractivity contribution < 1.29 is 8.42 Å². The van der Waals surface area contributed by atoms with Gasteiger partial charge in [-0.05, 0) is 12.8 Å². The molecule has 0 spiro atoms. The lowest BCUT2D eigenvalue weighted by Crippen LogP contribution is -2.35. The van der Waals surface area contributed by atoms with Crippen molar-refractivity contribution in [1.82, 2.24) is 19.7 Å². The fraction of sp³-hybridized carbons (Fsp3) is 0.545. The number of rotatable bonds is 2. The summed E-state index contributed by atoms with van der Waals surface area (Å²) >= 11 is 0. The first-order valence-electron chi connectivity index (χ1n) is 6.15. The Kier molecular flexibility index (Phi) is 2.89. The third-order valence-corrected chi connectivity index (χ3v) is 5.15. The lowest BCUT2D eigenvalue weighted by atomic mass is 10.2. The van der Waals surface area contributed by atoms with E-state index in [0.29, 0.717) is 12.2 Å². The van der Waals surface area contributed by atoms with Gasteiger partial charge in [0.05, 0.1) is 23.1 Å². The Labute approximate surface area is 111 Å². The van der Waals surface area contributed by atoms with E-state index < -0.39 is 9.84 Å². The van der Waals surface area contributed by atoms with Crippen molar-refractivity contribution in [3.8, 4) is 0 Å². The summed E-state index contributed by atoms with van der Waals surface area (Å²) in [5.74, 6) is 1.11. The van der Waals surface area contributed by atoms with Crippen molar-refractivity contribution in [3.05, 3.63) is 12.5 Å². The summed E-state index contributed by atoms with van der Waals surface area (Å²) in [7, 11) is -1.12. The van der Waals surface area contributed by atoms with Crippen molar-refractivity contribution in [2.24, 2.45) is 7.05 Å². The van der Waals surface area contributed by atoms with Gasteiger partial charge in [0.2, 0.25) is 0 Å². The van der Waals surface area contributed by atoms with Gasteiger partial charge in [-0.3, -0.25) is 4.68 Å². The fourth-order valence-electron chi connectivity index (χ4n) is 2.41. The molecule has 1 unspecified atom stereocenters. The van der Waals surface area contributed by atoms with E-state index in [1.807, 2.05) is 7.05 Å². The number of nitrogens with one attached hydrogen (secondary N) is 1. The Morgan fingerprint density at radius 3 is 3.05 bits per heavy atom. The third kappa shape index (κ3) is 2.40. The second kappa shape index (κ2) is 4.44. The molecule has 102 valence electrons. The van der Waals surface area contributed by atoms with E-state index in [9.17, 15) is 8.42 Å². The number of hydrogen-bond donors (Lipinski definition) is 1. The predicted molar refractivity (Wildman–Crippen MR) is 71.6 cm³/mol. The van der Waals surface area contributed by atoms with E-state index in [-0.39, 0.29) is 17.5 Å². The van der Waals surface area contributed by atoms with Crippen LogP contribution in [0.25, 0.3) is 11.0 Å². The van der Waals surface area contributed by atoms with Gasteiger partial charge in [0.15, 0.2) is 15.5 Å². The minimum absolute atomic E-state index is 0.0861. The Hall–Kier alpha value is -1.70. The molecule has 1 N–H and O–H groups in total. The molecule has 0 amide bonds. The molecule has 3 rings (SSSR count). The fourth-order valence-corrected chi connectivity index (χ4v) is 4.04. The standard InChI is InChI=1S/C11H15N5O2S/c1-16-11-9(5-14-16)10(12-7-13-11)15-8-3-2-4-19(17,18)6-8/h5,7-8H,2-4,6H2,1H3,(H,12,13,15). The molecule has 0 aliphatic carbocycles. The zero-order valence-corrected chi connectivity index (χ0v) is 11.4. The van der Waals surface area contributed by atoms with Crippen molar-refractivity contribution in [1.29, 1.82) is 0 Å². The maximum absolute atomic E-state index is 11.6. The lowest BCUT2D eigenvalue weighted by Gasteiger charge is -2.23. The van der Waals surface area contributed by atoms with Gasteiger partial charge < -0.3 is 5.32 Å². The molecular weight excluding hydrogens is 266 g/mol. The molecule has 19 heavy (non-hydrogen) atoms. The molecule has 1 atom stereocenters. The molecule has 2 aromatic heterocycles. The molecule has 1 saturated heterocycles. The van der Waals surface area contributed by atoms with E-state index in [2.05, 4.69) is 20.4 Å². The van der Waals surface area contributed by atoms with Crippen LogP contribution in [-0.2, 0) is 16.9 Å². The lowest BCUT2D eigenvalue weighted by molar-refractivity contribution is 0.561. The maximum Gasteiger partial charge on any atom is 0.163 e. The van der Waals surface area contributed by atoms with E-state index >= 15 is 0 Å². The minimum atomic E-state index is -2.93. The van der Waals surface area contributed by atoms with Crippen molar-refractivity contribution in [2.75, 3.05) is 16.8 Å². The topological polar surface area (TPSA) is 89.8 Å². The second-order valence-corrected chi connectivity index (χ2v) is 7.05.